The zero-order valence-electron chi connectivity index (χ0n) is 22.1. The van der Waals surface area contributed by atoms with E-state index in [-0.39, 0.29) is 17.3 Å². The molecule has 1 N–H and O–H groups in total. The van der Waals surface area contributed by atoms with E-state index in [0.29, 0.717) is 31.0 Å². The summed E-state index contributed by atoms with van der Waals surface area (Å²) in [5, 5.41) is 3.13. The largest absolute Gasteiger partial charge is 0.378 e. The Balaban J connectivity index is 1.15. The van der Waals surface area contributed by atoms with Gasteiger partial charge in [0.2, 0.25) is 5.91 Å². The van der Waals surface area contributed by atoms with Crippen molar-refractivity contribution in [2.75, 3.05) is 43.1 Å². The van der Waals surface area contributed by atoms with Crippen LogP contribution in [0.4, 0.5) is 20.6 Å². The van der Waals surface area contributed by atoms with Gasteiger partial charge in [0.25, 0.3) is 11.1 Å². The number of rotatable bonds is 7. The second-order valence-corrected chi connectivity index (χ2v) is 10.8. The average molecular weight is 571 g/mol. The molecule has 0 bridgehead atoms. The number of ether oxygens (including phenoxy) is 1. The Bertz CT molecular complexity index is 1660. The quantitative estimate of drug-likeness (QED) is 0.302. The lowest BCUT2D eigenvalue weighted by Crippen LogP contribution is -2.36. The Morgan fingerprint density at radius 1 is 0.976 bits per heavy atom. The minimum atomic E-state index is -0.524. The number of amides is 3. The molecule has 2 saturated heterocycles. The summed E-state index contributed by atoms with van der Waals surface area (Å²) >= 11 is 0.800. The fourth-order valence-corrected chi connectivity index (χ4v) is 5.86. The number of nitrogens with zero attached hydrogens (tertiary/aromatic N) is 3. The van der Waals surface area contributed by atoms with E-state index < -0.39 is 17.1 Å². The Kier molecular flexibility index (Phi) is 7.58. The van der Waals surface area contributed by atoms with Crippen LogP contribution in [0.5, 0.6) is 0 Å². The van der Waals surface area contributed by atoms with Crippen LogP contribution in [0.15, 0.2) is 83.9 Å². The summed E-state index contributed by atoms with van der Waals surface area (Å²) in [6.07, 6.45) is 3.51. The third kappa shape index (κ3) is 5.75. The van der Waals surface area contributed by atoms with Crippen LogP contribution in [0.3, 0.4) is 0 Å². The SMILES string of the molecule is O=C(CN1C(=O)S/C(=C\c2cn(Cc3ccccc3F)c3ccccc23)C1=O)Nc1ccc(N2CCOCC2)cc1. The predicted octanol–water partition coefficient (Wildman–Crippen LogP) is 5.34. The molecule has 1 aromatic heterocycles. The van der Waals surface area contributed by atoms with Gasteiger partial charge in [0.1, 0.15) is 12.4 Å². The first-order valence-electron chi connectivity index (χ1n) is 13.3. The summed E-state index contributed by atoms with van der Waals surface area (Å²) in [5.74, 6) is -1.28. The lowest BCUT2D eigenvalue weighted by Gasteiger charge is -2.28. The molecule has 0 unspecified atom stereocenters. The van der Waals surface area contributed by atoms with E-state index in [1.807, 2.05) is 47.2 Å². The Labute approximate surface area is 240 Å². The first kappa shape index (κ1) is 26.8. The smallest absolute Gasteiger partial charge is 0.294 e. The highest BCUT2D eigenvalue weighted by atomic mass is 32.2. The number of thioether (sulfide) groups is 1. The monoisotopic (exact) mass is 570 g/mol. The predicted molar refractivity (Wildman–Crippen MR) is 158 cm³/mol. The van der Waals surface area contributed by atoms with Crippen molar-refractivity contribution in [3.05, 3.63) is 101 Å². The molecule has 3 aromatic carbocycles. The summed E-state index contributed by atoms with van der Waals surface area (Å²) in [6.45, 7) is 2.91. The standard InChI is InChI=1S/C31H27FN4O4S/c32-26-7-3-1-5-21(26)18-35-19-22(25-6-2-4-8-27(25)35)17-28-30(38)36(31(39)41-28)20-29(37)33-23-9-11-24(12-10-23)34-13-15-40-16-14-34/h1-12,17,19H,13-16,18,20H2,(H,33,37)/b28-17-. The van der Waals surface area contributed by atoms with Crippen LogP contribution in [-0.2, 0) is 20.9 Å². The second-order valence-electron chi connectivity index (χ2n) is 9.78. The number of imide groups is 1. The van der Waals surface area contributed by atoms with Gasteiger partial charge in [-0.3, -0.25) is 19.3 Å². The summed E-state index contributed by atoms with van der Waals surface area (Å²) in [7, 11) is 0. The van der Waals surface area contributed by atoms with Gasteiger partial charge in [-0.15, -0.1) is 0 Å². The molecule has 3 heterocycles. The van der Waals surface area contributed by atoms with E-state index in [0.717, 1.165) is 51.9 Å². The molecule has 8 nitrogen and oxygen atoms in total. The number of aromatic nitrogens is 1. The van der Waals surface area contributed by atoms with Crippen molar-refractivity contribution in [2.24, 2.45) is 0 Å². The van der Waals surface area contributed by atoms with Gasteiger partial charge < -0.3 is 19.5 Å². The summed E-state index contributed by atoms with van der Waals surface area (Å²) < 4.78 is 21.6. The molecule has 6 rings (SSSR count). The van der Waals surface area contributed by atoms with Gasteiger partial charge in [-0.1, -0.05) is 36.4 Å². The molecular weight excluding hydrogens is 543 g/mol. The van der Waals surface area contributed by atoms with Crippen LogP contribution in [0.2, 0.25) is 0 Å². The number of fused-ring (bicyclic) bond motifs is 1. The molecule has 2 fully saturated rings. The van der Waals surface area contributed by atoms with E-state index in [4.69, 9.17) is 4.74 Å². The van der Waals surface area contributed by atoms with Crippen LogP contribution < -0.4 is 10.2 Å². The van der Waals surface area contributed by atoms with Crippen molar-refractivity contribution in [1.82, 2.24) is 9.47 Å². The van der Waals surface area contributed by atoms with Gasteiger partial charge in [-0.25, -0.2) is 4.39 Å². The van der Waals surface area contributed by atoms with E-state index >= 15 is 0 Å². The molecule has 4 aromatic rings. The number of benzene rings is 3. The van der Waals surface area contributed by atoms with Crippen molar-refractivity contribution < 1.29 is 23.5 Å². The third-order valence-corrected chi connectivity index (χ3v) is 8.01. The minimum Gasteiger partial charge on any atom is -0.378 e. The zero-order chi connectivity index (χ0) is 28.3. The summed E-state index contributed by atoms with van der Waals surface area (Å²) in [4.78, 5) is 42.0. The Morgan fingerprint density at radius 3 is 2.49 bits per heavy atom. The third-order valence-electron chi connectivity index (χ3n) is 7.11. The molecule has 41 heavy (non-hydrogen) atoms. The number of hydrogen-bond donors (Lipinski definition) is 1. The molecule has 0 spiro atoms. The summed E-state index contributed by atoms with van der Waals surface area (Å²) in [5.41, 5.74) is 3.77. The van der Waals surface area contributed by atoms with Crippen LogP contribution in [0, 0.1) is 5.82 Å². The van der Waals surface area contributed by atoms with Crippen molar-refractivity contribution in [2.45, 2.75) is 6.54 Å². The first-order valence-corrected chi connectivity index (χ1v) is 14.1. The van der Waals surface area contributed by atoms with Crippen LogP contribution in [-0.4, -0.2) is 59.4 Å². The molecule has 208 valence electrons. The number of para-hydroxylation sites is 1. The Hall–Kier alpha value is -4.41. The molecule has 2 aliphatic rings. The number of carbonyl (C=O) groups excluding carboxylic acids is 3. The number of carbonyl (C=O) groups is 3. The zero-order valence-corrected chi connectivity index (χ0v) is 22.9. The second kappa shape index (κ2) is 11.6. The minimum absolute atomic E-state index is 0.228. The molecule has 0 atom stereocenters. The summed E-state index contributed by atoms with van der Waals surface area (Å²) in [6, 6.07) is 21.7. The van der Waals surface area contributed by atoms with E-state index in [1.54, 1.807) is 36.4 Å². The number of morpholine rings is 1. The van der Waals surface area contributed by atoms with Crippen LogP contribution >= 0.6 is 11.8 Å². The van der Waals surface area contributed by atoms with Gasteiger partial charge in [-0.2, -0.15) is 0 Å². The molecule has 10 heteroatoms. The number of anilines is 2. The van der Waals surface area contributed by atoms with Crippen molar-refractivity contribution in [1.29, 1.82) is 0 Å². The van der Waals surface area contributed by atoms with Crippen LogP contribution in [0.1, 0.15) is 11.1 Å². The van der Waals surface area contributed by atoms with Crippen molar-refractivity contribution in [3.63, 3.8) is 0 Å². The van der Waals surface area contributed by atoms with Gasteiger partial charge in [0.15, 0.2) is 0 Å². The Morgan fingerprint density at radius 2 is 1.71 bits per heavy atom. The lowest BCUT2D eigenvalue weighted by molar-refractivity contribution is -0.127. The molecule has 0 saturated carbocycles. The molecule has 0 aliphatic carbocycles. The molecule has 3 amide bonds. The highest BCUT2D eigenvalue weighted by Gasteiger charge is 2.36. The van der Waals surface area contributed by atoms with Crippen molar-refractivity contribution in [3.8, 4) is 0 Å². The van der Waals surface area contributed by atoms with E-state index in [9.17, 15) is 18.8 Å². The van der Waals surface area contributed by atoms with Crippen LogP contribution in [0.25, 0.3) is 17.0 Å². The molecular formula is C31H27FN4O4S. The highest BCUT2D eigenvalue weighted by molar-refractivity contribution is 8.18. The topological polar surface area (TPSA) is 83.9 Å². The fraction of sp³-hybridized carbons (Fsp3) is 0.194. The lowest BCUT2D eigenvalue weighted by atomic mass is 10.1. The average Bonchev–Trinajstić information content (AvgIpc) is 3.46. The fourth-order valence-electron chi connectivity index (χ4n) is 5.03. The number of halogens is 1. The van der Waals surface area contributed by atoms with Crippen molar-refractivity contribution >= 4 is 57.2 Å². The van der Waals surface area contributed by atoms with E-state index in [1.165, 1.54) is 6.07 Å². The van der Waals surface area contributed by atoms with Gasteiger partial charge in [0, 0.05) is 52.7 Å². The van der Waals surface area contributed by atoms with Gasteiger partial charge in [0.05, 0.1) is 24.7 Å². The molecule has 2 aliphatic heterocycles. The van der Waals surface area contributed by atoms with E-state index in [2.05, 4.69) is 10.2 Å². The van der Waals surface area contributed by atoms with Gasteiger partial charge >= 0.3 is 0 Å². The normalized spacial score (nSPS) is 16.7. The maximum atomic E-state index is 14.3. The maximum Gasteiger partial charge on any atom is 0.294 e. The number of nitrogens with one attached hydrogen (secondary N) is 1. The number of hydrogen-bond acceptors (Lipinski definition) is 6. The van der Waals surface area contributed by atoms with Gasteiger partial charge in [-0.05, 0) is 54.2 Å². The highest BCUT2D eigenvalue weighted by Crippen LogP contribution is 2.34. The molecule has 0 radical (unpaired) electrons. The maximum absolute atomic E-state index is 14.3. The first-order chi connectivity index (χ1) is 20.0.